The number of benzene rings is 1. The average molecular weight is 296 g/mol. The number of aliphatic carboxylic acids is 1. The molecule has 0 amide bonds. The van der Waals surface area contributed by atoms with Gasteiger partial charge in [-0.2, -0.15) is 0 Å². The standard InChI is InChI=1S/C14H16O5S/c15-13(16)14(6-1-7-14)10-2-4-11(5-3-10)19-12-8-20(17,18)9-12/h2-5,12H,1,6-9H2,(H,15,16). The molecule has 108 valence electrons. The van der Waals surface area contributed by atoms with Gasteiger partial charge in [0, 0.05) is 0 Å². The molecule has 2 aliphatic rings. The molecule has 1 heterocycles. The highest BCUT2D eigenvalue weighted by Gasteiger charge is 2.45. The van der Waals surface area contributed by atoms with Gasteiger partial charge in [0.05, 0.1) is 16.9 Å². The second-order valence-corrected chi connectivity index (χ2v) is 7.74. The Bertz CT molecular complexity index is 616. The third-order valence-electron chi connectivity index (χ3n) is 4.21. The molecule has 1 aromatic carbocycles. The van der Waals surface area contributed by atoms with Crippen molar-refractivity contribution in [2.24, 2.45) is 0 Å². The Hall–Kier alpha value is -1.56. The fourth-order valence-electron chi connectivity index (χ4n) is 2.79. The smallest absolute Gasteiger partial charge is 0.314 e. The van der Waals surface area contributed by atoms with Crippen LogP contribution in [-0.4, -0.2) is 37.1 Å². The predicted octanol–water partition coefficient (Wildman–Crippen LogP) is 1.37. The Labute approximate surface area is 117 Å². The zero-order chi connectivity index (χ0) is 14.4. The molecular weight excluding hydrogens is 280 g/mol. The molecule has 1 saturated heterocycles. The van der Waals surface area contributed by atoms with Gasteiger partial charge >= 0.3 is 5.97 Å². The molecule has 1 aromatic rings. The minimum absolute atomic E-state index is 0.0633. The summed E-state index contributed by atoms with van der Waals surface area (Å²) >= 11 is 0. The van der Waals surface area contributed by atoms with Crippen molar-refractivity contribution in [2.45, 2.75) is 30.8 Å². The van der Waals surface area contributed by atoms with E-state index in [1.807, 2.05) is 0 Å². The summed E-state index contributed by atoms with van der Waals surface area (Å²) in [6, 6.07) is 7.00. The maximum atomic E-state index is 11.4. The quantitative estimate of drug-likeness (QED) is 0.907. The van der Waals surface area contributed by atoms with Crippen molar-refractivity contribution in [3.63, 3.8) is 0 Å². The van der Waals surface area contributed by atoms with E-state index >= 15 is 0 Å². The minimum atomic E-state index is -2.89. The lowest BCUT2D eigenvalue weighted by Gasteiger charge is -2.38. The molecule has 0 bridgehead atoms. The normalized spacial score (nSPS) is 23.4. The first-order valence-corrected chi connectivity index (χ1v) is 8.44. The number of carbonyl (C=O) groups is 1. The lowest BCUT2D eigenvalue weighted by atomic mass is 9.64. The van der Waals surface area contributed by atoms with Crippen LogP contribution < -0.4 is 4.74 Å². The van der Waals surface area contributed by atoms with E-state index in [9.17, 15) is 18.3 Å². The summed E-state index contributed by atoms with van der Waals surface area (Å²) in [5, 5.41) is 9.36. The average Bonchev–Trinajstić information content (AvgIpc) is 2.27. The monoisotopic (exact) mass is 296 g/mol. The van der Waals surface area contributed by atoms with Gasteiger partial charge in [-0.1, -0.05) is 18.6 Å². The number of carboxylic acids is 1. The van der Waals surface area contributed by atoms with Crippen LogP contribution in [0.3, 0.4) is 0 Å². The number of carboxylic acid groups (broad SMARTS) is 1. The fraction of sp³-hybridized carbons (Fsp3) is 0.500. The third-order valence-corrected chi connectivity index (χ3v) is 5.97. The molecular formula is C14H16O5S. The van der Waals surface area contributed by atoms with Gasteiger partial charge in [-0.15, -0.1) is 0 Å². The summed E-state index contributed by atoms with van der Waals surface area (Å²) < 4.78 is 27.6. The number of rotatable bonds is 4. The van der Waals surface area contributed by atoms with Gasteiger partial charge in [0.2, 0.25) is 0 Å². The summed E-state index contributed by atoms with van der Waals surface area (Å²) in [4.78, 5) is 11.4. The SMILES string of the molecule is O=C(O)C1(c2ccc(OC3CS(=O)(=O)C3)cc2)CCC1. The Morgan fingerprint density at radius 1 is 1.20 bits per heavy atom. The maximum Gasteiger partial charge on any atom is 0.314 e. The lowest BCUT2D eigenvalue weighted by molar-refractivity contribution is -0.147. The number of ether oxygens (including phenoxy) is 1. The molecule has 1 aliphatic carbocycles. The van der Waals surface area contributed by atoms with Crippen LogP contribution >= 0.6 is 0 Å². The Kier molecular flexibility index (Phi) is 3.01. The van der Waals surface area contributed by atoms with Crippen LogP contribution in [0.15, 0.2) is 24.3 Å². The molecule has 0 radical (unpaired) electrons. The molecule has 1 aliphatic heterocycles. The first-order valence-electron chi connectivity index (χ1n) is 6.62. The molecule has 0 atom stereocenters. The van der Waals surface area contributed by atoms with E-state index in [0.717, 1.165) is 12.0 Å². The van der Waals surface area contributed by atoms with Gasteiger partial charge < -0.3 is 9.84 Å². The van der Waals surface area contributed by atoms with Crippen LogP contribution in [0.1, 0.15) is 24.8 Å². The second-order valence-electron chi connectivity index (χ2n) is 5.58. The summed E-state index contributed by atoms with van der Waals surface area (Å²) in [5.74, 6) is -0.0576. The van der Waals surface area contributed by atoms with Crippen molar-refractivity contribution in [1.82, 2.24) is 0 Å². The summed E-state index contributed by atoms with van der Waals surface area (Å²) in [5.41, 5.74) is 0.0584. The lowest BCUT2D eigenvalue weighted by Crippen LogP contribution is -2.45. The number of hydrogen-bond acceptors (Lipinski definition) is 4. The van der Waals surface area contributed by atoms with Gasteiger partial charge in [0.15, 0.2) is 9.84 Å². The highest BCUT2D eigenvalue weighted by molar-refractivity contribution is 7.92. The summed E-state index contributed by atoms with van der Waals surface area (Å²) in [7, 11) is -2.89. The predicted molar refractivity (Wildman–Crippen MR) is 72.7 cm³/mol. The second kappa shape index (κ2) is 4.48. The van der Waals surface area contributed by atoms with E-state index < -0.39 is 21.2 Å². The van der Waals surface area contributed by atoms with Crippen LogP contribution in [0.4, 0.5) is 0 Å². The molecule has 3 rings (SSSR count). The molecule has 0 unspecified atom stereocenters. The largest absolute Gasteiger partial charge is 0.488 e. The summed E-state index contributed by atoms with van der Waals surface area (Å²) in [6.07, 6.45) is 2.00. The van der Waals surface area contributed by atoms with E-state index in [1.54, 1.807) is 24.3 Å². The highest BCUT2D eigenvalue weighted by atomic mass is 32.2. The topological polar surface area (TPSA) is 80.7 Å². The van der Waals surface area contributed by atoms with E-state index in [0.29, 0.717) is 18.6 Å². The third kappa shape index (κ3) is 2.18. The highest BCUT2D eigenvalue weighted by Crippen LogP contribution is 2.44. The van der Waals surface area contributed by atoms with E-state index in [2.05, 4.69) is 0 Å². The zero-order valence-corrected chi connectivity index (χ0v) is 11.7. The first-order chi connectivity index (χ1) is 9.41. The number of hydrogen-bond donors (Lipinski definition) is 1. The maximum absolute atomic E-state index is 11.4. The van der Waals surface area contributed by atoms with Crippen molar-refractivity contribution in [1.29, 1.82) is 0 Å². The van der Waals surface area contributed by atoms with Gasteiger partial charge in [-0.25, -0.2) is 8.42 Å². The molecule has 0 aromatic heterocycles. The van der Waals surface area contributed by atoms with Crippen molar-refractivity contribution >= 4 is 15.8 Å². The van der Waals surface area contributed by atoms with Crippen molar-refractivity contribution in [3.8, 4) is 5.75 Å². The fourth-order valence-corrected chi connectivity index (χ4v) is 3.96. The van der Waals surface area contributed by atoms with Crippen LogP contribution in [-0.2, 0) is 20.0 Å². The van der Waals surface area contributed by atoms with Crippen LogP contribution in [0.2, 0.25) is 0 Å². The van der Waals surface area contributed by atoms with Crippen LogP contribution in [0.5, 0.6) is 5.75 Å². The van der Waals surface area contributed by atoms with Crippen molar-refractivity contribution in [3.05, 3.63) is 29.8 Å². The Balaban J connectivity index is 1.70. The number of sulfone groups is 1. The molecule has 1 N–H and O–H groups in total. The molecule has 0 spiro atoms. The minimum Gasteiger partial charge on any atom is -0.488 e. The van der Waals surface area contributed by atoms with Crippen LogP contribution in [0, 0.1) is 0 Å². The molecule has 5 nitrogen and oxygen atoms in total. The van der Waals surface area contributed by atoms with E-state index in [1.165, 1.54) is 0 Å². The molecule has 1 saturated carbocycles. The summed E-state index contributed by atoms with van der Waals surface area (Å²) in [6.45, 7) is 0. The van der Waals surface area contributed by atoms with Gasteiger partial charge in [0.1, 0.15) is 11.9 Å². The van der Waals surface area contributed by atoms with Gasteiger partial charge in [-0.3, -0.25) is 4.79 Å². The van der Waals surface area contributed by atoms with Gasteiger partial charge in [-0.05, 0) is 30.5 Å². The van der Waals surface area contributed by atoms with Crippen molar-refractivity contribution < 1.29 is 23.1 Å². The molecule has 2 fully saturated rings. The first kappa shape index (κ1) is 13.4. The van der Waals surface area contributed by atoms with Crippen molar-refractivity contribution in [2.75, 3.05) is 11.5 Å². The molecule has 6 heteroatoms. The Morgan fingerprint density at radius 3 is 2.20 bits per heavy atom. The molecule has 20 heavy (non-hydrogen) atoms. The zero-order valence-electron chi connectivity index (χ0n) is 10.9. The van der Waals surface area contributed by atoms with Crippen LogP contribution in [0.25, 0.3) is 0 Å². The van der Waals surface area contributed by atoms with Gasteiger partial charge in [0.25, 0.3) is 0 Å². The van der Waals surface area contributed by atoms with E-state index in [4.69, 9.17) is 4.74 Å². The van der Waals surface area contributed by atoms with E-state index in [-0.39, 0.29) is 17.6 Å². The Morgan fingerprint density at radius 2 is 1.80 bits per heavy atom.